The van der Waals surface area contributed by atoms with Crippen molar-refractivity contribution in [3.63, 3.8) is 0 Å². The molecule has 4 heterocycles. The van der Waals surface area contributed by atoms with Gasteiger partial charge in [0.2, 0.25) is 0 Å². The third-order valence-electron chi connectivity index (χ3n) is 13.3. The number of aryl methyl sites for hydroxylation is 1. The fourth-order valence-electron chi connectivity index (χ4n) is 9.98. The second-order valence-corrected chi connectivity index (χ2v) is 17.7. The van der Waals surface area contributed by atoms with E-state index in [1.165, 1.54) is 16.7 Å². The standard InChI is InChI=1S/C52H56O11/c1-31(28-53)39-18-14-32-12-15-35(16-13-32)40-19-17-37(36-11-7-10-34(25-36)24-33-8-5-4-6-9-33)26-38(40)27-45(56)60-48-46-44(63-52(2,3)49(48)62-50(39)57)21-20-41-43(29-54)42(22-23-59-30-55)51(58)61-47(41)46/h4-13,15-16,20-21,25,37-38,40,48-49,53-55H,14,17-19,22-24,26-30H2,1-3H3/b39-31-/t37-,38+,40+,48-,49+/m1/s1. The molecule has 0 amide bonds. The van der Waals surface area contributed by atoms with E-state index in [1.807, 2.05) is 6.07 Å². The highest BCUT2D eigenvalue weighted by molar-refractivity contribution is 5.90. The van der Waals surface area contributed by atoms with Gasteiger partial charge in [0.15, 0.2) is 12.2 Å². The molecular weight excluding hydrogens is 801 g/mol. The Morgan fingerprint density at radius 3 is 2.35 bits per heavy atom. The fraction of sp³-hybridized carbons (Fsp3) is 0.404. The van der Waals surface area contributed by atoms with Gasteiger partial charge >= 0.3 is 17.6 Å². The van der Waals surface area contributed by atoms with Crippen LogP contribution in [0.25, 0.3) is 11.0 Å². The summed E-state index contributed by atoms with van der Waals surface area (Å²) in [6, 6.07) is 31.0. The Morgan fingerprint density at radius 1 is 0.825 bits per heavy atom. The highest BCUT2D eigenvalue weighted by Gasteiger charge is 2.51. The van der Waals surface area contributed by atoms with E-state index in [0.29, 0.717) is 28.5 Å². The zero-order valence-electron chi connectivity index (χ0n) is 36.1. The molecule has 11 nitrogen and oxygen atoms in total. The van der Waals surface area contributed by atoms with Crippen LogP contribution in [0, 0.1) is 5.92 Å². The zero-order chi connectivity index (χ0) is 44.3. The van der Waals surface area contributed by atoms with Gasteiger partial charge in [0, 0.05) is 29.4 Å². The minimum Gasteiger partial charge on any atom is -0.483 e. The molecule has 3 aliphatic heterocycles. The predicted molar refractivity (Wildman–Crippen MR) is 236 cm³/mol. The summed E-state index contributed by atoms with van der Waals surface area (Å²) in [5, 5.41) is 30.5. The fourth-order valence-corrected chi connectivity index (χ4v) is 9.98. The normalized spacial score (nSPS) is 23.2. The number of aliphatic hydroxyl groups is 3. The largest absolute Gasteiger partial charge is 0.483 e. The third-order valence-corrected chi connectivity index (χ3v) is 13.3. The first-order valence-corrected chi connectivity index (χ1v) is 22.0. The van der Waals surface area contributed by atoms with Crippen molar-refractivity contribution >= 4 is 22.9 Å². The molecular formula is C52H56O11. The lowest BCUT2D eigenvalue weighted by Crippen LogP contribution is -2.52. The van der Waals surface area contributed by atoms with Crippen molar-refractivity contribution in [3.8, 4) is 5.75 Å². The Morgan fingerprint density at radius 2 is 1.60 bits per heavy atom. The molecule has 1 aromatic heterocycles. The molecule has 11 heteroatoms. The van der Waals surface area contributed by atoms with Crippen molar-refractivity contribution in [2.24, 2.45) is 5.92 Å². The summed E-state index contributed by atoms with van der Waals surface area (Å²) >= 11 is 0. The monoisotopic (exact) mass is 856 g/mol. The quantitative estimate of drug-likeness (QED) is 0.0432. The van der Waals surface area contributed by atoms with Crippen LogP contribution in [0.5, 0.6) is 5.75 Å². The molecule has 63 heavy (non-hydrogen) atoms. The van der Waals surface area contributed by atoms with E-state index < -0.39 is 48.8 Å². The van der Waals surface area contributed by atoms with E-state index in [-0.39, 0.29) is 72.7 Å². The highest BCUT2D eigenvalue weighted by Crippen LogP contribution is 2.50. The Hall–Kier alpha value is -5.59. The molecule has 5 aromatic rings. The molecule has 2 bridgehead atoms. The number of carbonyl (C=O) groups is 2. The molecule has 1 fully saturated rings. The number of aliphatic hydroxyl groups excluding tert-OH is 3. The van der Waals surface area contributed by atoms with Gasteiger partial charge in [0.05, 0.1) is 25.4 Å². The van der Waals surface area contributed by atoms with Gasteiger partial charge in [-0.05, 0) is 128 Å². The summed E-state index contributed by atoms with van der Waals surface area (Å²) in [7, 11) is 0. The lowest BCUT2D eigenvalue weighted by molar-refractivity contribution is -0.188. The van der Waals surface area contributed by atoms with Crippen molar-refractivity contribution in [3.05, 3.63) is 157 Å². The van der Waals surface area contributed by atoms with Crippen LogP contribution in [0.2, 0.25) is 0 Å². The SMILES string of the molecule is C/C(CO)=C1\CCc2ccc(cc2)[C@@H]2CC[C@@H](c3cccc(Cc4ccccc4)c3)C[C@H]2CC(=O)O[C@@H]2c3c(ccc4c(CO)c(CCOCO)c(=O)oc34)OC(C)(C)[C@H]2OC1=O. The summed E-state index contributed by atoms with van der Waals surface area (Å²) in [6.45, 7) is 3.77. The van der Waals surface area contributed by atoms with Crippen LogP contribution in [0.4, 0.5) is 0 Å². The molecule has 330 valence electrons. The number of benzene rings is 4. The second kappa shape index (κ2) is 19.0. The smallest absolute Gasteiger partial charge is 0.339 e. The maximum atomic E-state index is 14.8. The lowest BCUT2D eigenvalue weighted by Gasteiger charge is -2.43. The van der Waals surface area contributed by atoms with Crippen LogP contribution >= 0.6 is 0 Å². The summed E-state index contributed by atoms with van der Waals surface area (Å²) in [6.07, 6.45) is 1.81. The number of fused-ring (bicyclic) bond motifs is 11. The number of hydrogen-bond donors (Lipinski definition) is 3. The molecule has 0 spiro atoms. The van der Waals surface area contributed by atoms with Crippen molar-refractivity contribution in [1.29, 1.82) is 0 Å². The third kappa shape index (κ3) is 9.38. The first-order valence-electron chi connectivity index (χ1n) is 22.0. The number of carbonyl (C=O) groups excluding carboxylic acids is 2. The second-order valence-electron chi connectivity index (χ2n) is 17.7. The summed E-state index contributed by atoms with van der Waals surface area (Å²) in [4.78, 5) is 42.8. The molecule has 4 aromatic carbocycles. The average molecular weight is 857 g/mol. The van der Waals surface area contributed by atoms with E-state index in [4.69, 9.17) is 23.4 Å². The van der Waals surface area contributed by atoms with Gasteiger partial charge in [-0.2, -0.15) is 0 Å². The number of esters is 2. The van der Waals surface area contributed by atoms with Crippen LogP contribution in [0.1, 0.15) is 115 Å². The van der Waals surface area contributed by atoms with Gasteiger partial charge in [-0.1, -0.05) is 78.9 Å². The summed E-state index contributed by atoms with van der Waals surface area (Å²) in [5.74, 6) is -0.750. The van der Waals surface area contributed by atoms with E-state index >= 15 is 0 Å². The van der Waals surface area contributed by atoms with Gasteiger partial charge in [0.25, 0.3) is 0 Å². The molecule has 0 radical (unpaired) electrons. The minimum absolute atomic E-state index is 0.00942. The van der Waals surface area contributed by atoms with Crippen LogP contribution in [0.15, 0.2) is 111 Å². The first-order chi connectivity index (χ1) is 30.5. The maximum Gasteiger partial charge on any atom is 0.339 e. The maximum absolute atomic E-state index is 14.8. The molecule has 0 saturated heterocycles. The average Bonchev–Trinajstić information content (AvgIpc) is 3.27. The van der Waals surface area contributed by atoms with Gasteiger partial charge in [0.1, 0.15) is 23.7 Å². The van der Waals surface area contributed by atoms with Crippen molar-refractivity contribution in [2.75, 3.05) is 20.0 Å². The first kappa shape index (κ1) is 44.0. The predicted octanol–water partition coefficient (Wildman–Crippen LogP) is 8.06. The van der Waals surface area contributed by atoms with E-state index in [0.717, 1.165) is 36.8 Å². The lowest BCUT2D eigenvalue weighted by atomic mass is 9.68. The van der Waals surface area contributed by atoms with Gasteiger partial charge in [-0.25, -0.2) is 9.59 Å². The summed E-state index contributed by atoms with van der Waals surface area (Å²) in [5.41, 5.74) is 5.35. The van der Waals surface area contributed by atoms with Crippen LogP contribution in [0.3, 0.4) is 0 Å². The Kier molecular flexibility index (Phi) is 13.3. The van der Waals surface area contributed by atoms with E-state index in [9.17, 15) is 29.7 Å². The van der Waals surface area contributed by atoms with Gasteiger partial charge in [-0.15, -0.1) is 0 Å². The molecule has 0 unspecified atom stereocenters. The summed E-state index contributed by atoms with van der Waals surface area (Å²) < 4.78 is 30.6. The van der Waals surface area contributed by atoms with Crippen LogP contribution < -0.4 is 10.4 Å². The Balaban J connectivity index is 1.21. The van der Waals surface area contributed by atoms with Crippen molar-refractivity contribution < 1.29 is 48.3 Å². The molecule has 9 rings (SSSR count). The number of ether oxygens (including phenoxy) is 4. The zero-order valence-corrected chi connectivity index (χ0v) is 36.1. The Labute approximate surface area is 367 Å². The van der Waals surface area contributed by atoms with Crippen LogP contribution in [-0.4, -0.2) is 59.0 Å². The highest BCUT2D eigenvalue weighted by atomic mass is 16.6. The topological polar surface area (TPSA) is 162 Å². The number of hydrogen-bond acceptors (Lipinski definition) is 11. The van der Waals surface area contributed by atoms with Gasteiger partial charge in [-0.3, -0.25) is 4.79 Å². The van der Waals surface area contributed by atoms with E-state index in [1.54, 1.807) is 32.9 Å². The molecule has 1 saturated carbocycles. The minimum atomic E-state index is -1.29. The number of rotatable bonds is 9. The molecule has 4 aliphatic rings. The molecule has 3 N–H and O–H groups in total. The van der Waals surface area contributed by atoms with Gasteiger partial charge < -0.3 is 38.7 Å². The van der Waals surface area contributed by atoms with Crippen LogP contribution in [-0.2, 0) is 49.7 Å². The molecule has 5 atom stereocenters. The van der Waals surface area contributed by atoms with Crippen molar-refractivity contribution in [1.82, 2.24) is 0 Å². The Bertz CT molecular complexity index is 2540. The van der Waals surface area contributed by atoms with Crippen molar-refractivity contribution in [2.45, 2.75) is 108 Å². The molecule has 1 aliphatic carbocycles. The van der Waals surface area contributed by atoms with E-state index in [2.05, 4.69) is 72.8 Å².